The zero-order valence-corrected chi connectivity index (χ0v) is 14.6. The minimum atomic E-state index is 0.411. The van der Waals surface area contributed by atoms with Crippen molar-refractivity contribution in [2.75, 3.05) is 13.7 Å². The molecule has 1 atom stereocenters. The van der Waals surface area contributed by atoms with Gasteiger partial charge in [-0.05, 0) is 56.3 Å². The van der Waals surface area contributed by atoms with E-state index in [9.17, 15) is 0 Å². The van der Waals surface area contributed by atoms with Crippen molar-refractivity contribution in [1.82, 2.24) is 5.32 Å². The van der Waals surface area contributed by atoms with Crippen molar-refractivity contribution in [2.24, 2.45) is 5.92 Å². The van der Waals surface area contributed by atoms with Crippen LogP contribution in [0.15, 0.2) is 10.5 Å². The second kappa shape index (κ2) is 6.95. The average molecular weight is 340 g/mol. The van der Waals surface area contributed by atoms with Gasteiger partial charge in [-0.15, -0.1) is 0 Å². The molecule has 1 saturated carbocycles. The van der Waals surface area contributed by atoms with Crippen molar-refractivity contribution in [3.8, 4) is 5.75 Å². The third-order valence-electron chi connectivity index (χ3n) is 4.17. The van der Waals surface area contributed by atoms with Gasteiger partial charge in [0.2, 0.25) is 0 Å². The molecule has 0 spiro atoms. The number of aryl methyl sites for hydroxylation is 1. The summed E-state index contributed by atoms with van der Waals surface area (Å²) in [4.78, 5) is 0. The van der Waals surface area contributed by atoms with Gasteiger partial charge in [0.15, 0.2) is 0 Å². The molecule has 0 aliphatic heterocycles. The Morgan fingerprint density at radius 2 is 2.10 bits per heavy atom. The Morgan fingerprint density at radius 1 is 1.40 bits per heavy atom. The highest BCUT2D eigenvalue weighted by Gasteiger charge is 2.29. The normalized spacial score (nSPS) is 16.2. The Bertz CT molecular complexity index is 469. The minimum Gasteiger partial charge on any atom is -0.496 e. The van der Waals surface area contributed by atoms with Crippen molar-refractivity contribution in [1.29, 1.82) is 0 Å². The molecule has 2 rings (SSSR count). The van der Waals surface area contributed by atoms with Gasteiger partial charge in [-0.2, -0.15) is 0 Å². The predicted octanol–water partition coefficient (Wildman–Crippen LogP) is 4.92. The van der Waals surface area contributed by atoms with E-state index in [0.29, 0.717) is 6.04 Å². The van der Waals surface area contributed by atoms with E-state index in [2.05, 4.69) is 48.1 Å². The molecule has 0 heterocycles. The summed E-state index contributed by atoms with van der Waals surface area (Å²) in [5, 5.41) is 3.73. The van der Waals surface area contributed by atoms with Crippen LogP contribution >= 0.6 is 15.9 Å². The third kappa shape index (κ3) is 3.56. The Balaban J connectivity index is 2.38. The number of ether oxygens (including phenoxy) is 1. The summed E-state index contributed by atoms with van der Waals surface area (Å²) >= 11 is 3.70. The van der Waals surface area contributed by atoms with Gasteiger partial charge in [-0.3, -0.25) is 0 Å². The maximum atomic E-state index is 5.71. The van der Waals surface area contributed by atoms with Gasteiger partial charge in [0.25, 0.3) is 0 Å². The lowest BCUT2D eigenvalue weighted by Gasteiger charge is -2.25. The molecule has 2 nitrogen and oxygen atoms in total. The summed E-state index contributed by atoms with van der Waals surface area (Å²) in [7, 11) is 1.78. The summed E-state index contributed by atoms with van der Waals surface area (Å²) in [6, 6.07) is 2.57. The van der Waals surface area contributed by atoms with E-state index in [0.717, 1.165) is 24.6 Å². The Kier molecular flexibility index (Phi) is 5.50. The molecular weight excluding hydrogens is 314 g/mol. The summed E-state index contributed by atoms with van der Waals surface area (Å²) in [6.07, 6.45) is 5.17. The first kappa shape index (κ1) is 15.8. The molecule has 1 fully saturated rings. The molecule has 112 valence electrons. The molecule has 1 N–H and O–H groups in total. The maximum Gasteiger partial charge on any atom is 0.126 e. The van der Waals surface area contributed by atoms with Crippen LogP contribution in [-0.2, 0) is 0 Å². The van der Waals surface area contributed by atoms with E-state index in [1.165, 1.54) is 40.4 Å². The zero-order chi connectivity index (χ0) is 14.7. The van der Waals surface area contributed by atoms with Crippen molar-refractivity contribution in [2.45, 2.75) is 52.5 Å². The quantitative estimate of drug-likeness (QED) is 0.761. The summed E-state index contributed by atoms with van der Waals surface area (Å²) in [5.41, 5.74) is 3.86. The van der Waals surface area contributed by atoms with Crippen LogP contribution in [0.3, 0.4) is 0 Å². The monoisotopic (exact) mass is 339 g/mol. The molecule has 1 aliphatic rings. The van der Waals surface area contributed by atoms with Crippen LogP contribution in [0.1, 0.15) is 55.3 Å². The summed E-state index contributed by atoms with van der Waals surface area (Å²) < 4.78 is 6.90. The fourth-order valence-corrected chi connectivity index (χ4v) is 3.43. The lowest BCUT2D eigenvalue weighted by molar-refractivity contribution is 0.387. The van der Waals surface area contributed by atoms with Crippen LogP contribution in [0, 0.1) is 19.8 Å². The highest BCUT2D eigenvalue weighted by atomic mass is 79.9. The first-order valence-corrected chi connectivity index (χ1v) is 8.44. The molecule has 1 aromatic rings. The molecule has 20 heavy (non-hydrogen) atoms. The first-order chi connectivity index (χ1) is 9.58. The lowest BCUT2D eigenvalue weighted by atomic mass is 9.93. The van der Waals surface area contributed by atoms with Gasteiger partial charge in [-0.1, -0.05) is 35.7 Å². The fourth-order valence-electron chi connectivity index (χ4n) is 2.87. The number of halogens is 1. The predicted molar refractivity (Wildman–Crippen MR) is 88.5 cm³/mol. The number of benzene rings is 1. The Morgan fingerprint density at radius 3 is 2.65 bits per heavy atom. The number of hydrogen-bond donors (Lipinski definition) is 1. The highest BCUT2D eigenvalue weighted by molar-refractivity contribution is 9.10. The minimum absolute atomic E-state index is 0.411. The van der Waals surface area contributed by atoms with Crippen molar-refractivity contribution >= 4 is 15.9 Å². The second-order valence-electron chi connectivity index (χ2n) is 5.93. The molecule has 3 heteroatoms. The molecule has 1 unspecified atom stereocenters. The van der Waals surface area contributed by atoms with Crippen LogP contribution < -0.4 is 10.1 Å². The Hall–Kier alpha value is -0.540. The van der Waals surface area contributed by atoms with E-state index in [4.69, 9.17) is 4.74 Å². The number of hydrogen-bond acceptors (Lipinski definition) is 2. The number of nitrogens with one attached hydrogen (secondary N) is 1. The molecule has 0 aromatic heterocycles. The lowest BCUT2D eigenvalue weighted by Crippen LogP contribution is -2.24. The number of rotatable bonds is 7. The van der Waals surface area contributed by atoms with Gasteiger partial charge >= 0.3 is 0 Å². The molecular formula is C17H26BrNO. The fraction of sp³-hybridized carbons (Fsp3) is 0.647. The van der Waals surface area contributed by atoms with Gasteiger partial charge in [-0.25, -0.2) is 0 Å². The van der Waals surface area contributed by atoms with Gasteiger partial charge < -0.3 is 10.1 Å². The van der Waals surface area contributed by atoms with Gasteiger partial charge in [0.05, 0.1) is 7.11 Å². The Labute approximate surface area is 131 Å². The number of methoxy groups -OCH3 is 1. The molecule has 0 amide bonds. The van der Waals surface area contributed by atoms with Crippen LogP contribution in [0.5, 0.6) is 5.75 Å². The average Bonchev–Trinajstić information content (AvgIpc) is 3.22. The van der Waals surface area contributed by atoms with E-state index < -0.39 is 0 Å². The van der Waals surface area contributed by atoms with Crippen LogP contribution in [-0.4, -0.2) is 13.7 Å². The van der Waals surface area contributed by atoms with E-state index in [-0.39, 0.29) is 0 Å². The van der Waals surface area contributed by atoms with Crippen molar-refractivity contribution in [3.05, 3.63) is 27.2 Å². The van der Waals surface area contributed by atoms with E-state index in [1.54, 1.807) is 7.11 Å². The van der Waals surface area contributed by atoms with E-state index in [1.807, 2.05) is 0 Å². The van der Waals surface area contributed by atoms with E-state index >= 15 is 0 Å². The van der Waals surface area contributed by atoms with Crippen LogP contribution in [0.4, 0.5) is 0 Å². The summed E-state index contributed by atoms with van der Waals surface area (Å²) in [6.45, 7) is 7.60. The summed E-state index contributed by atoms with van der Waals surface area (Å²) in [5.74, 6) is 1.95. The molecule has 0 bridgehead atoms. The van der Waals surface area contributed by atoms with Gasteiger partial charge in [0, 0.05) is 16.1 Å². The van der Waals surface area contributed by atoms with Crippen LogP contribution in [0.2, 0.25) is 0 Å². The van der Waals surface area contributed by atoms with Gasteiger partial charge in [0.1, 0.15) is 5.75 Å². The SMILES string of the molecule is CCCNC(CC1CC1)c1c(C)c(Br)cc(C)c1OC. The highest BCUT2D eigenvalue weighted by Crippen LogP contribution is 2.43. The standard InChI is InChI=1S/C17H26BrNO/c1-5-8-19-15(10-13-6-7-13)16-12(3)14(18)9-11(2)17(16)20-4/h9,13,15,19H,5-8,10H2,1-4H3. The van der Waals surface area contributed by atoms with Crippen molar-refractivity contribution in [3.63, 3.8) is 0 Å². The molecule has 0 saturated heterocycles. The maximum absolute atomic E-state index is 5.71. The smallest absolute Gasteiger partial charge is 0.126 e. The second-order valence-corrected chi connectivity index (χ2v) is 6.79. The molecule has 0 radical (unpaired) electrons. The topological polar surface area (TPSA) is 21.3 Å². The van der Waals surface area contributed by atoms with Crippen LogP contribution in [0.25, 0.3) is 0 Å². The molecule has 1 aliphatic carbocycles. The van der Waals surface area contributed by atoms with Crippen molar-refractivity contribution < 1.29 is 4.74 Å². The molecule has 1 aromatic carbocycles. The first-order valence-electron chi connectivity index (χ1n) is 7.65. The largest absolute Gasteiger partial charge is 0.496 e. The third-order valence-corrected chi connectivity index (χ3v) is 4.99. The zero-order valence-electron chi connectivity index (χ0n) is 13.1.